The molecule has 416 valence electrons. The number of rotatable bonds is 13. The fraction of sp³-hybridized carbons (Fsp3) is 0.129. The van der Waals surface area contributed by atoms with Crippen molar-refractivity contribution in [2.45, 2.75) is 12.4 Å². The molecule has 0 aliphatic rings. The molecule has 0 fully saturated rings. The van der Waals surface area contributed by atoms with E-state index in [2.05, 4.69) is 158 Å². The van der Waals surface area contributed by atoms with Gasteiger partial charge in [-0.15, -0.1) is 0 Å². The van der Waals surface area contributed by atoms with E-state index < -0.39 is 40.1 Å². The minimum absolute atomic E-state index is 0. The van der Waals surface area contributed by atoms with Gasteiger partial charge in [0.1, 0.15) is 46.4 Å². The van der Waals surface area contributed by atoms with Crippen LogP contribution in [0.5, 0.6) is 34.5 Å². The number of carboxylic acid groups (broad SMARTS) is 2. The van der Waals surface area contributed by atoms with Crippen LogP contribution in [-0.4, -0.2) is 66.9 Å². The number of fused-ring (bicyclic) bond motifs is 4. The molecule has 10 nitrogen and oxygen atoms in total. The van der Waals surface area contributed by atoms with Crippen LogP contribution in [0, 0.1) is 0 Å². The van der Waals surface area contributed by atoms with Gasteiger partial charge in [0.25, 0.3) is 0 Å². The number of methoxy groups -OCH3 is 6. The van der Waals surface area contributed by atoms with Crippen molar-refractivity contribution in [1.29, 1.82) is 0 Å². The quantitative estimate of drug-likeness (QED) is 0.0624. The predicted octanol–water partition coefficient (Wildman–Crippen LogP) is 10.1. The molecule has 10 rings (SSSR count). The number of halogens is 6. The summed E-state index contributed by atoms with van der Waals surface area (Å²) in [6, 6.07) is 65.4. The van der Waals surface area contributed by atoms with E-state index in [0.717, 1.165) is 99.3 Å². The summed E-state index contributed by atoms with van der Waals surface area (Å²) in [7, 11) is 7.95. The maximum Gasteiger partial charge on any atom is 2.00 e. The van der Waals surface area contributed by atoms with Crippen LogP contribution in [0.2, 0.25) is 0 Å². The molecule has 0 spiro atoms. The van der Waals surface area contributed by atoms with Crippen LogP contribution in [0.4, 0.5) is 26.3 Å². The van der Waals surface area contributed by atoms with Crippen LogP contribution in [0.3, 0.4) is 0 Å². The SMILES string of the molecule is COc1ccc2cc(P(c3ccc4cc(OC)ccc4c3)c3cccc(OC)c3-c3c(OC)cccc3P(c3ccc4cc(OC)ccc4c3)c3ccc4cc(OC)ccc4c3)ccc2c1.O=C([O-])C(F)(F)F.O=C([O-])C(F)(F)F.[Ru+2]. The summed E-state index contributed by atoms with van der Waals surface area (Å²) in [5.41, 5.74) is 2.01. The Morgan fingerprint density at radius 3 is 0.778 bits per heavy atom. The normalized spacial score (nSPS) is 11.3. The third-order valence-electron chi connectivity index (χ3n) is 12.8. The van der Waals surface area contributed by atoms with Crippen LogP contribution >= 0.6 is 15.8 Å². The van der Waals surface area contributed by atoms with Crippen molar-refractivity contribution in [3.63, 3.8) is 0 Å². The first-order chi connectivity index (χ1) is 38.3. The van der Waals surface area contributed by atoms with Gasteiger partial charge in [0.2, 0.25) is 0 Å². The number of benzene rings is 10. The van der Waals surface area contributed by atoms with Gasteiger partial charge in [-0.05, 0) is 176 Å². The first kappa shape index (κ1) is 60.7. The molecule has 0 atom stereocenters. The van der Waals surface area contributed by atoms with Gasteiger partial charge >= 0.3 is 31.8 Å². The molecule has 0 aliphatic heterocycles. The minimum Gasteiger partial charge on any atom is -0.542 e. The number of aliphatic carboxylic acids is 2. The molecular formula is C62H48F6O10P2Ru. The Hall–Kier alpha value is -7.96. The van der Waals surface area contributed by atoms with Gasteiger partial charge in [0, 0.05) is 11.1 Å². The molecule has 0 unspecified atom stereocenters. The number of hydrogen-bond acceptors (Lipinski definition) is 10. The molecular weight excluding hydrogens is 1180 g/mol. The molecule has 10 aromatic carbocycles. The summed E-state index contributed by atoms with van der Waals surface area (Å²) < 4.78 is 98.5. The molecule has 0 N–H and O–H groups in total. The third-order valence-corrected chi connectivity index (χ3v) is 17.7. The van der Waals surface area contributed by atoms with Crippen LogP contribution < -0.4 is 70.5 Å². The average molecular weight is 1230 g/mol. The van der Waals surface area contributed by atoms with Gasteiger partial charge in [-0.1, -0.05) is 97.1 Å². The summed E-state index contributed by atoms with van der Waals surface area (Å²) >= 11 is 0. The van der Waals surface area contributed by atoms with Crippen LogP contribution in [0.15, 0.2) is 182 Å². The second-order valence-electron chi connectivity index (χ2n) is 17.5. The van der Waals surface area contributed by atoms with E-state index in [-0.39, 0.29) is 19.5 Å². The Kier molecular flexibility index (Phi) is 19.5. The zero-order valence-corrected chi connectivity index (χ0v) is 47.4. The summed E-state index contributed by atoms with van der Waals surface area (Å²) in [5, 5.41) is 33.7. The number of alkyl halides is 6. The van der Waals surface area contributed by atoms with Crippen molar-refractivity contribution < 1.29 is 94.0 Å². The maximum absolute atomic E-state index is 10.5. The summed E-state index contributed by atoms with van der Waals surface area (Å²) in [6.45, 7) is 0. The fourth-order valence-electron chi connectivity index (χ4n) is 9.02. The first-order valence-corrected chi connectivity index (χ1v) is 26.8. The molecule has 0 aliphatic carbocycles. The topological polar surface area (TPSA) is 136 Å². The van der Waals surface area contributed by atoms with Gasteiger partial charge in [-0.2, -0.15) is 26.3 Å². The zero-order chi connectivity index (χ0) is 57.5. The van der Waals surface area contributed by atoms with E-state index in [1.165, 1.54) is 21.2 Å². The van der Waals surface area contributed by atoms with E-state index in [9.17, 15) is 26.3 Å². The number of carbonyl (C=O) groups is 2. The standard InChI is InChI=1S/C58H48O6P2.2C2HF3O2.Ru/c1-59-45-21-13-41-33-49(25-17-37(41)29-45)65(50-26-18-38-30-46(60-2)22-14-42(38)34-50)55-11-7-9-53(63-5)57(55)58-54(64-6)10-8-12-56(58)66(51-27-19-39-31-47(61-3)23-15-43(39)35-51)52-28-20-40-32-48(62-4)24-16-44(40)36-52;2*3-2(4,5)1(6)7;/h7-36H,1-6H3;2*(H,6,7);/q;;;+2/p-2. The predicted molar refractivity (Wildman–Crippen MR) is 301 cm³/mol. The van der Waals surface area contributed by atoms with Crippen LogP contribution in [0.25, 0.3) is 54.2 Å². The van der Waals surface area contributed by atoms with Gasteiger partial charge < -0.3 is 48.2 Å². The summed E-state index contributed by atoms with van der Waals surface area (Å²) in [4.78, 5) is 17.6. The molecule has 81 heavy (non-hydrogen) atoms. The van der Waals surface area contributed by atoms with Gasteiger partial charge in [-0.25, -0.2) is 0 Å². The molecule has 0 heterocycles. The van der Waals surface area contributed by atoms with E-state index in [0.29, 0.717) is 0 Å². The first-order valence-electron chi connectivity index (χ1n) is 24.1. The van der Waals surface area contributed by atoms with Crippen molar-refractivity contribution in [3.8, 4) is 45.6 Å². The number of ether oxygens (including phenoxy) is 6. The van der Waals surface area contributed by atoms with Crippen molar-refractivity contribution in [3.05, 3.63) is 182 Å². The second kappa shape index (κ2) is 26.1. The van der Waals surface area contributed by atoms with Gasteiger partial charge in [-0.3, -0.25) is 0 Å². The second-order valence-corrected chi connectivity index (χ2v) is 21.9. The zero-order valence-electron chi connectivity index (χ0n) is 43.9. The largest absolute Gasteiger partial charge is 2.00 e. The number of hydrogen-bond donors (Lipinski definition) is 0. The van der Waals surface area contributed by atoms with Gasteiger partial charge in [0.05, 0.1) is 42.7 Å². The minimum atomic E-state index is -5.19. The molecule has 0 saturated carbocycles. The van der Waals surface area contributed by atoms with E-state index in [1.807, 2.05) is 24.3 Å². The van der Waals surface area contributed by atoms with E-state index in [1.54, 1.807) is 42.7 Å². The van der Waals surface area contributed by atoms with E-state index >= 15 is 0 Å². The Labute approximate surface area is 477 Å². The Morgan fingerprint density at radius 1 is 0.346 bits per heavy atom. The van der Waals surface area contributed by atoms with Crippen LogP contribution in [0.1, 0.15) is 0 Å². The smallest absolute Gasteiger partial charge is 0.542 e. The van der Waals surface area contributed by atoms with Crippen molar-refractivity contribution in [2.24, 2.45) is 0 Å². The molecule has 0 bridgehead atoms. The Morgan fingerprint density at radius 2 is 0.568 bits per heavy atom. The molecule has 0 amide bonds. The maximum atomic E-state index is 10.5. The van der Waals surface area contributed by atoms with Crippen LogP contribution in [-0.2, 0) is 29.1 Å². The molecule has 0 aromatic heterocycles. The van der Waals surface area contributed by atoms with Crippen molar-refractivity contribution >= 4 is 103 Å². The number of carboxylic acids is 2. The molecule has 10 aromatic rings. The van der Waals surface area contributed by atoms with E-state index in [4.69, 9.17) is 48.2 Å². The monoisotopic (exact) mass is 1230 g/mol. The molecule has 19 heteroatoms. The van der Waals surface area contributed by atoms with Gasteiger partial charge in [0.15, 0.2) is 0 Å². The summed E-state index contributed by atoms with van der Waals surface area (Å²) in [5.74, 6) is -1.16. The molecule has 0 radical (unpaired) electrons. The van der Waals surface area contributed by atoms with Crippen molar-refractivity contribution in [2.75, 3.05) is 42.7 Å². The molecule has 0 saturated heterocycles. The Balaban J connectivity index is 0.000000561. The number of carbonyl (C=O) groups excluding carboxylic acids is 2. The fourth-order valence-corrected chi connectivity index (χ4v) is 14.1. The Bertz CT molecular complexity index is 3490. The summed E-state index contributed by atoms with van der Waals surface area (Å²) in [6.07, 6.45) is -10.4. The third kappa shape index (κ3) is 13.8. The van der Waals surface area contributed by atoms with Crippen molar-refractivity contribution in [1.82, 2.24) is 0 Å². The average Bonchev–Trinajstić information content (AvgIpc) is 3.49.